The van der Waals surface area contributed by atoms with Crippen LogP contribution in [0.15, 0.2) is 29.6 Å². The average Bonchev–Trinajstić information content (AvgIpc) is 2.53. The smallest absolute Gasteiger partial charge is 0.234 e. The summed E-state index contributed by atoms with van der Waals surface area (Å²) in [6.45, 7) is 1.13. The van der Waals surface area contributed by atoms with Crippen LogP contribution in [0.2, 0.25) is 0 Å². The van der Waals surface area contributed by atoms with Crippen LogP contribution in [-0.2, 0) is 16.1 Å². The number of rotatable bonds is 4. The highest BCUT2D eigenvalue weighted by Crippen LogP contribution is 2.31. The second kappa shape index (κ2) is 6.33. The molecule has 0 aromatic carbocycles. The van der Waals surface area contributed by atoms with Gasteiger partial charge < -0.3 is 21.0 Å². The third-order valence-corrected chi connectivity index (χ3v) is 3.54. The van der Waals surface area contributed by atoms with Crippen LogP contribution >= 0.6 is 0 Å². The van der Waals surface area contributed by atoms with E-state index in [9.17, 15) is 4.79 Å². The summed E-state index contributed by atoms with van der Waals surface area (Å²) in [7, 11) is 0. The van der Waals surface area contributed by atoms with Gasteiger partial charge >= 0.3 is 0 Å². The molecule has 0 aliphatic carbocycles. The molecule has 1 aliphatic rings. The fourth-order valence-electron chi connectivity index (χ4n) is 2.26. The number of pyridine rings is 1. The van der Waals surface area contributed by atoms with Crippen LogP contribution in [0.4, 0.5) is 0 Å². The van der Waals surface area contributed by atoms with E-state index in [1.165, 1.54) is 0 Å². The molecule has 0 atom stereocenters. The van der Waals surface area contributed by atoms with E-state index in [2.05, 4.69) is 15.5 Å². The largest absolute Gasteiger partial charge is 0.409 e. The first-order valence-electron chi connectivity index (χ1n) is 6.43. The number of amidine groups is 1. The highest BCUT2D eigenvalue weighted by atomic mass is 16.5. The molecule has 0 unspecified atom stereocenters. The summed E-state index contributed by atoms with van der Waals surface area (Å²) >= 11 is 0. The molecule has 108 valence electrons. The molecule has 0 radical (unpaired) electrons. The molecule has 7 heteroatoms. The zero-order chi connectivity index (χ0) is 14.4. The molecular formula is C13H18N4O3. The number of carbonyl (C=O) groups excluding carboxylic acids is 1. The molecule has 7 nitrogen and oxygen atoms in total. The van der Waals surface area contributed by atoms with Crippen molar-refractivity contribution in [2.75, 3.05) is 13.2 Å². The Morgan fingerprint density at radius 1 is 1.50 bits per heavy atom. The van der Waals surface area contributed by atoms with Crippen molar-refractivity contribution in [1.82, 2.24) is 10.3 Å². The topological polar surface area (TPSA) is 110 Å². The minimum absolute atomic E-state index is 0.0701. The molecule has 4 N–H and O–H groups in total. The van der Waals surface area contributed by atoms with E-state index < -0.39 is 5.41 Å². The Labute approximate surface area is 116 Å². The zero-order valence-corrected chi connectivity index (χ0v) is 11.1. The number of nitrogens with two attached hydrogens (primary N) is 1. The Kier molecular flexibility index (Phi) is 4.52. The van der Waals surface area contributed by atoms with Crippen molar-refractivity contribution in [3.63, 3.8) is 0 Å². The minimum atomic E-state index is -0.998. The number of carbonyl (C=O) groups is 1. The van der Waals surface area contributed by atoms with Crippen molar-refractivity contribution >= 4 is 11.7 Å². The summed E-state index contributed by atoms with van der Waals surface area (Å²) in [6.07, 6.45) is 2.46. The summed E-state index contributed by atoms with van der Waals surface area (Å²) in [5.41, 5.74) is 5.47. The van der Waals surface area contributed by atoms with Crippen LogP contribution in [0.1, 0.15) is 18.5 Å². The lowest BCUT2D eigenvalue weighted by Gasteiger charge is -2.34. The van der Waals surface area contributed by atoms with Gasteiger partial charge in [0.25, 0.3) is 0 Å². The third kappa shape index (κ3) is 2.88. The number of nitrogens with one attached hydrogen (secondary N) is 1. The summed E-state index contributed by atoms with van der Waals surface area (Å²) in [5, 5.41) is 14.7. The Hall–Kier alpha value is -2.15. The molecule has 1 aromatic heterocycles. The molecule has 0 bridgehead atoms. The van der Waals surface area contributed by atoms with Crippen LogP contribution in [0.25, 0.3) is 0 Å². The predicted molar refractivity (Wildman–Crippen MR) is 72.0 cm³/mol. The molecule has 1 saturated heterocycles. The Morgan fingerprint density at radius 2 is 2.25 bits per heavy atom. The van der Waals surface area contributed by atoms with E-state index >= 15 is 0 Å². The number of aromatic nitrogens is 1. The summed E-state index contributed by atoms with van der Waals surface area (Å²) in [5.74, 6) is -0.332. The number of hydrogen-bond acceptors (Lipinski definition) is 5. The lowest BCUT2D eigenvalue weighted by Crippen LogP contribution is -2.52. The first-order valence-corrected chi connectivity index (χ1v) is 6.43. The van der Waals surface area contributed by atoms with Crippen LogP contribution in [-0.4, -0.2) is 35.1 Å². The van der Waals surface area contributed by atoms with Gasteiger partial charge in [-0.1, -0.05) is 11.2 Å². The van der Waals surface area contributed by atoms with Gasteiger partial charge in [0.05, 0.1) is 12.2 Å². The van der Waals surface area contributed by atoms with Crippen LogP contribution in [0.3, 0.4) is 0 Å². The highest BCUT2D eigenvalue weighted by Gasteiger charge is 2.44. The van der Waals surface area contributed by atoms with Crippen molar-refractivity contribution < 1.29 is 14.7 Å². The van der Waals surface area contributed by atoms with Crippen molar-refractivity contribution in [1.29, 1.82) is 0 Å². The van der Waals surface area contributed by atoms with Crippen LogP contribution in [0.5, 0.6) is 0 Å². The lowest BCUT2D eigenvalue weighted by molar-refractivity contribution is -0.131. The Morgan fingerprint density at radius 3 is 2.85 bits per heavy atom. The summed E-state index contributed by atoms with van der Waals surface area (Å²) < 4.78 is 5.25. The van der Waals surface area contributed by atoms with Gasteiger partial charge in [-0.3, -0.25) is 9.78 Å². The molecule has 0 saturated carbocycles. The molecule has 2 rings (SSSR count). The van der Waals surface area contributed by atoms with Gasteiger partial charge in [-0.25, -0.2) is 0 Å². The minimum Gasteiger partial charge on any atom is -0.409 e. The second-order valence-electron chi connectivity index (χ2n) is 4.68. The fourth-order valence-corrected chi connectivity index (χ4v) is 2.26. The number of hydrogen-bond donors (Lipinski definition) is 3. The van der Waals surface area contributed by atoms with E-state index in [-0.39, 0.29) is 11.7 Å². The second-order valence-corrected chi connectivity index (χ2v) is 4.68. The maximum atomic E-state index is 12.4. The molecule has 20 heavy (non-hydrogen) atoms. The lowest BCUT2D eigenvalue weighted by atomic mass is 9.78. The molecular weight excluding hydrogens is 260 g/mol. The molecule has 1 aliphatic heterocycles. The van der Waals surface area contributed by atoms with Gasteiger partial charge in [-0.15, -0.1) is 0 Å². The average molecular weight is 278 g/mol. The van der Waals surface area contributed by atoms with E-state index in [1.54, 1.807) is 6.20 Å². The Bertz CT molecular complexity index is 484. The molecule has 1 aromatic rings. The molecule has 0 spiro atoms. The van der Waals surface area contributed by atoms with Crippen molar-refractivity contribution in [2.45, 2.75) is 19.4 Å². The van der Waals surface area contributed by atoms with Gasteiger partial charge in [0.1, 0.15) is 5.41 Å². The monoisotopic (exact) mass is 278 g/mol. The number of oxime groups is 1. The quantitative estimate of drug-likeness (QED) is 0.316. The van der Waals surface area contributed by atoms with E-state index in [0.717, 1.165) is 5.69 Å². The maximum absolute atomic E-state index is 12.4. The van der Waals surface area contributed by atoms with Crippen LogP contribution in [0, 0.1) is 5.41 Å². The summed E-state index contributed by atoms with van der Waals surface area (Å²) in [4.78, 5) is 16.6. The number of amides is 1. The Balaban J connectivity index is 2.07. The standard InChI is InChI=1S/C13H18N4O3/c14-11(17-19)13(4-7-20-8-5-13)12(18)16-9-10-3-1-2-6-15-10/h1-3,6,19H,4-5,7-9H2,(H2,14,17)(H,16,18). The molecule has 1 fully saturated rings. The summed E-state index contributed by atoms with van der Waals surface area (Å²) in [6, 6.07) is 5.48. The van der Waals surface area contributed by atoms with Crippen molar-refractivity contribution in [3.05, 3.63) is 30.1 Å². The van der Waals surface area contributed by atoms with Gasteiger partial charge in [-0.05, 0) is 25.0 Å². The number of ether oxygens (including phenoxy) is 1. The first-order chi connectivity index (χ1) is 9.69. The first kappa shape index (κ1) is 14.3. The molecule has 2 heterocycles. The van der Waals surface area contributed by atoms with Gasteiger partial charge in [0, 0.05) is 19.4 Å². The third-order valence-electron chi connectivity index (χ3n) is 3.54. The number of nitrogens with zero attached hydrogens (tertiary/aromatic N) is 2. The van der Waals surface area contributed by atoms with E-state index in [0.29, 0.717) is 32.6 Å². The van der Waals surface area contributed by atoms with E-state index in [1.807, 2.05) is 18.2 Å². The van der Waals surface area contributed by atoms with Gasteiger partial charge in [0.15, 0.2) is 5.84 Å². The normalized spacial score (nSPS) is 18.5. The highest BCUT2D eigenvalue weighted by molar-refractivity contribution is 6.06. The van der Waals surface area contributed by atoms with Gasteiger partial charge in [0.2, 0.25) is 5.91 Å². The van der Waals surface area contributed by atoms with Crippen molar-refractivity contribution in [2.24, 2.45) is 16.3 Å². The van der Waals surface area contributed by atoms with Crippen molar-refractivity contribution in [3.8, 4) is 0 Å². The predicted octanol–water partition coefficient (Wildman–Crippen LogP) is 0.241. The molecule has 1 amide bonds. The van der Waals surface area contributed by atoms with Crippen LogP contribution < -0.4 is 11.1 Å². The zero-order valence-electron chi connectivity index (χ0n) is 11.1. The fraction of sp³-hybridized carbons (Fsp3) is 0.462. The van der Waals surface area contributed by atoms with E-state index in [4.69, 9.17) is 15.7 Å². The van der Waals surface area contributed by atoms with Gasteiger partial charge in [-0.2, -0.15) is 0 Å². The maximum Gasteiger partial charge on any atom is 0.234 e. The SMILES string of the molecule is NC(=NO)C1(C(=O)NCc2ccccn2)CCOCC1.